The Morgan fingerprint density at radius 3 is 2.61 bits per heavy atom. The third kappa shape index (κ3) is 5.59. The number of sulfonamides is 1. The predicted octanol–water partition coefficient (Wildman–Crippen LogP) is 4.33. The molecule has 1 amide bonds. The van der Waals surface area contributed by atoms with Gasteiger partial charge in [0.2, 0.25) is 15.9 Å². The highest BCUT2D eigenvalue weighted by Crippen LogP contribution is 2.28. The third-order valence-electron chi connectivity index (χ3n) is 5.57. The molecule has 1 N–H and O–H groups in total. The number of carbonyl (C=O) groups is 1. The highest BCUT2D eigenvalue weighted by molar-refractivity contribution is 7.89. The topological polar surface area (TPSA) is 75.7 Å². The Balaban J connectivity index is 1.69. The molecule has 2 aromatic rings. The van der Waals surface area contributed by atoms with Crippen LogP contribution in [0.2, 0.25) is 5.02 Å². The summed E-state index contributed by atoms with van der Waals surface area (Å²) in [6.45, 7) is 6.72. The predicted molar refractivity (Wildman–Crippen MR) is 122 cm³/mol. The van der Waals surface area contributed by atoms with Gasteiger partial charge in [-0.05, 0) is 75.1 Å². The number of halogens is 1. The van der Waals surface area contributed by atoms with Gasteiger partial charge in [-0.1, -0.05) is 23.7 Å². The maximum absolute atomic E-state index is 13.2. The maximum Gasteiger partial charge on any atom is 0.243 e. The molecule has 1 saturated heterocycles. The van der Waals surface area contributed by atoms with Crippen LogP contribution in [0.4, 0.5) is 0 Å². The molecule has 0 saturated carbocycles. The van der Waals surface area contributed by atoms with Gasteiger partial charge in [0, 0.05) is 18.1 Å². The second-order valence-corrected chi connectivity index (χ2v) is 10.2. The van der Waals surface area contributed by atoms with Gasteiger partial charge < -0.3 is 10.1 Å². The molecule has 3 rings (SSSR count). The lowest BCUT2D eigenvalue weighted by atomic mass is 9.98. The van der Waals surface area contributed by atoms with Crippen LogP contribution in [-0.2, 0) is 14.8 Å². The average Bonchev–Trinajstić information content (AvgIpc) is 2.75. The molecule has 1 aliphatic heterocycles. The van der Waals surface area contributed by atoms with Crippen LogP contribution >= 0.6 is 11.6 Å². The second kappa shape index (κ2) is 10.0. The van der Waals surface area contributed by atoms with Crippen molar-refractivity contribution in [1.82, 2.24) is 9.62 Å². The Kier molecular flexibility index (Phi) is 7.62. The van der Waals surface area contributed by atoms with Crippen LogP contribution in [0.25, 0.3) is 0 Å². The smallest absolute Gasteiger partial charge is 0.243 e. The first-order valence-corrected chi connectivity index (χ1v) is 12.3. The number of amides is 1. The van der Waals surface area contributed by atoms with Crippen molar-refractivity contribution in [3.05, 3.63) is 58.6 Å². The van der Waals surface area contributed by atoms with Crippen LogP contribution in [0.5, 0.6) is 5.75 Å². The number of nitrogens with one attached hydrogen (secondary N) is 1. The summed E-state index contributed by atoms with van der Waals surface area (Å²) in [4.78, 5) is 13.1. The molecule has 8 heteroatoms. The molecule has 6 nitrogen and oxygen atoms in total. The molecule has 0 unspecified atom stereocenters. The van der Waals surface area contributed by atoms with Crippen molar-refractivity contribution < 1.29 is 17.9 Å². The molecule has 0 aliphatic carbocycles. The first-order chi connectivity index (χ1) is 14.7. The lowest BCUT2D eigenvalue weighted by molar-refractivity contribution is -0.126. The lowest BCUT2D eigenvalue weighted by Gasteiger charge is -2.32. The first-order valence-electron chi connectivity index (χ1n) is 10.5. The van der Waals surface area contributed by atoms with Gasteiger partial charge in [-0.25, -0.2) is 8.42 Å². The summed E-state index contributed by atoms with van der Waals surface area (Å²) < 4.78 is 33.3. The maximum atomic E-state index is 13.2. The zero-order valence-corrected chi connectivity index (χ0v) is 19.7. The van der Waals surface area contributed by atoms with Gasteiger partial charge in [0.25, 0.3) is 0 Å². The molecule has 0 bridgehead atoms. The van der Waals surface area contributed by atoms with E-state index in [1.807, 2.05) is 32.9 Å². The van der Waals surface area contributed by atoms with Crippen molar-refractivity contribution in [2.75, 3.05) is 19.7 Å². The van der Waals surface area contributed by atoms with Crippen LogP contribution in [0.15, 0.2) is 47.4 Å². The van der Waals surface area contributed by atoms with Gasteiger partial charge in [-0.15, -0.1) is 0 Å². The van der Waals surface area contributed by atoms with Crippen molar-refractivity contribution in [1.29, 1.82) is 0 Å². The number of hydrogen-bond donors (Lipinski definition) is 1. The van der Waals surface area contributed by atoms with Crippen molar-refractivity contribution in [2.24, 2.45) is 5.92 Å². The zero-order valence-electron chi connectivity index (χ0n) is 18.1. The number of nitrogens with zero attached hydrogens (tertiary/aromatic N) is 1. The third-order valence-corrected chi connectivity index (χ3v) is 7.68. The molecule has 168 valence electrons. The highest BCUT2D eigenvalue weighted by atomic mass is 35.5. The second-order valence-electron chi connectivity index (χ2n) is 7.84. The quantitative estimate of drug-likeness (QED) is 0.661. The Labute approximate surface area is 189 Å². The molecule has 1 heterocycles. The van der Waals surface area contributed by atoms with E-state index in [0.29, 0.717) is 36.8 Å². The Morgan fingerprint density at radius 2 is 1.97 bits per heavy atom. The van der Waals surface area contributed by atoms with E-state index in [0.717, 1.165) is 11.1 Å². The molecule has 0 radical (unpaired) electrons. The molecule has 2 aromatic carbocycles. The molecule has 1 fully saturated rings. The number of piperidine rings is 1. The van der Waals surface area contributed by atoms with Gasteiger partial charge in [-0.2, -0.15) is 4.31 Å². The highest BCUT2D eigenvalue weighted by Gasteiger charge is 2.34. The van der Waals surface area contributed by atoms with Gasteiger partial charge in [0.15, 0.2) is 0 Å². The summed E-state index contributed by atoms with van der Waals surface area (Å²) in [6.07, 6.45) is 1.30. The van der Waals surface area contributed by atoms with Crippen molar-refractivity contribution in [3.8, 4) is 5.75 Å². The van der Waals surface area contributed by atoms with Gasteiger partial charge in [0.05, 0.1) is 23.5 Å². The minimum absolute atomic E-state index is 0.134. The Bertz CT molecular complexity index is 1020. The van der Waals surface area contributed by atoms with E-state index >= 15 is 0 Å². The number of carbonyl (C=O) groups excluding carboxylic acids is 1. The van der Waals surface area contributed by atoms with Gasteiger partial charge in [0.1, 0.15) is 5.75 Å². The van der Waals surface area contributed by atoms with E-state index in [9.17, 15) is 13.2 Å². The molecular formula is C23H29ClN2O4S. The van der Waals surface area contributed by atoms with E-state index in [2.05, 4.69) is 5.32 Å². The fraction of sp³-hybridized carbons (Fsp3) is 0.435. The minimum Gasteiger partial charge on any atom is -0.494 e. The van der Waals surface area contributed by atoms with E-state index in [-0.39, 0.29) is 29.3 Å². The minimum atomic E-state index is -3.68. The number of ether oxygens (including phenoxy) is 1. The largest absolute Gasteiger partial charge is 0.494 e. The van der Waals surface area contributed by atoms with Crippen LogP contribution in [0.3, 0.4) is 0 Å². The van der Waals surface area contributed by atoms with Crippen LogP contribution < -0.4 is 10.1 Å². The first kappa shape index (κ1) is 23.6. The van der Waals surface area contributed by atoms with Crippen molar-refractivity contribution in [3.63, 3.8) is 0 Å². The molecule has 0 aromatic heterocycles. The Morgan fingerprint density at radius 1 is 1.26 bits per heavy atom. The molecule has 0 spiro atoms. The fourth-order valence-electron chi connectivity index (χ4n) is 3.79. The van der Waals surface area contributed by atoms with Crippen molar-refractivity contribution >= 4 is 27.5 Å². The van der Waals surface area contributed by atoms with E-state index in [1.54, 1.807) is 30.3 Å². The Hall–Kier alpha value is -2.09. The lowest BCUT2D eigenvalue weighted by Crippen LogP contribution is -2.45. The summed E-state index contributed by atoms with van der Waals surface area (Å²) in [6, 6.07) is 12.0. The molecule has 2 atom stereocenters. The standard InChI is InChI=1S/C23H29ClN2O4S/c1-4-30-22-12-11-21(14-16(22)2)31(28,29)26-13-5-6-19(15-26)23(27)25-17(3)18-7-9-20(24)10-8-18/h7-12,14,17,19H,4-6,13,15H2,1-3H3,(H,25,27)/t17-,19-/m0/s1. The molecule has 1 aliphatic rings. The normalized spacial score (nSPS) is 18.4. The average molecular weight is 465 g/mol. The summed E-state index contributed by atoms with van der Waals surface area (Å²) in [5, 5.41) is 3.65. The zero-order chi connectivity index (χ0) is 22.6. The number of rotatable bonds is 7. The van der Waals surface area contributed by atoms with E-state index in [1.165, 1.54) is 4.31 Å². The van der Waals surface area contributed by atoms with E-state index in [4.69, 9.17) is 16.3 Å². The summed E-state index contributed by atoms with van der Waals surface area (Å²) in [5.74, 6) is 0.154. The van der Waals surface area contributed by atoms with Crippen molar-refractivity contribution in [2.45, 2.75) is 44.6 Å². The van der Waals surface area contributed by atoms with E-state index < -0.39 is 10.0 Å². The number of hydrogen-bond acceptors (Lipinski definition) is 4. The monoisotopic (exact) mass is 464 g/mol. The number of aryl methyl sites for hydroxylation is 1. The van der Waals surface area contributed by atoms with Gasteiger partial charge in [-0.3, -0.25) is 4.79 Å². The SMILES string of the molecule is CCOc1ccc(S(=O)(=O)N2CCC[C@H](C(=O)N[C@@H](C)c3ccc(Cl)cc3)C2)cc1C. The van der Waals surface area contributed by atoms with Gasteiger partial charge >= 0.3 is 0 Å². The summed E-state index contributed by atoms with van der Waals surface area (Å²) >= 11 is 5.93. The number of benzene rings is 2. The molecular weight excluding hydrogens is 436 g/mol. The summed E-state index contributed by atoms with van der Waals surface area (Å²) in [5.41, 5.74) is 1.72. The van der Waals surface area contributed by atoms with Crippen LogP contribution in [0, 0.1) is 12.8 Å². The van der Waals surface area contributed by atoms with Crippen LogP contribution in [-0.4, -0.2) is 38.3 Å². The van der Waals surface area contributed by atoms with Crippen LogP contribution in [0.1, 0.15) is 43.9 Å². The molecule has 31 heavy (non-hydrogen) atoms. The summed E-state index contributed by atoms with van der Waals surface area (Å²) in [7, 11) is -3.68. The fourth-order valence-corrected chi connectivity index (χ4v) is 5.53.